The van der Waals surface area contributed by atoms with Crippen molar-refractivity contribution in [3.8, 4) is 0 Å². The van der Waals surface area contributed by atoms with Gasteiger partial charge in [-0.3, -0.25) is 4.57 Å². The minimum atomic E-state index is -3.39. The van der Waals surface area contributed by atoms with E-state index in [4.69, 9.17) is 9.05 Å². The van der Waals surface area contributed by atoms with E-state index in [9.17, 15) is 9.36 Å². The van der Waals surface area contributed by atoms with Gasteiger partial charge in [-0.05, 0) is 34.6 Å². The second-order valence-corrected chi connectivity index (χ2v) is 5.72. The van der Waals surface area contributed by atoms with E-state index in [1.165, 1.54) is 0 Å². The fraction of sp³-hybridized carbons (Fsp3) is 0.727. The molecule has 0 radical (unpaired) electrons. The van der Waals surface area contributed by atoms with Gasteiger partial charge in [0.25, 0.3) is 0 Å². The van der Waals surface area contributed by atoms with E-state index in [1.807, 2.05) is 0 Å². The monoisotopic (exact) mass is 264 g/mol. The molecule has 0 amide bonds. The summed E-state index contributed by atoms with van der Waals surface area (Å²) >= 11 is 0. The molecule has 0 unspecified atom stereocenters. The maximum Gasteiger partial charge on any atom is 0.354 e. The molecule has 0 rings (SSSR count). The lowest BCUT2D eigenvalue weighted by molar-refractivity contribution is -0.137. The molecule has 0 aliphatic heterocycles. The van der Waals surface area contributed by atoms with E-state index in [-0.39, 0.29) is 18.8 Å². The molecule has 0 aliphatic rings. The van der Waals surface area contributed by atoms with Crippen molar-refractivity contribution < 1.29 is 23.1 Å². The summed E-state index contributed by atoms with van der Waals surface area (Å²) in [6.45, 7) is 8.94. The summed E-state index contributed by atoms with van der Waals surface area (Å²) in [4.78, 5) is 11.1. The van der Waals surface area contributed by atoms with E-state index in [2.05, 4.69) is 4.74 Å². The largest absolute Gasteiger partial charge is 0.463 e. The highest BCUT2D eigenvalue weighted by molar-refractivity contribution is 7.57. The molecule has 0 N–H and O–H groups in total. The molecule has 0 fully saturated rings. The number of esters is 1. The molecule has 0 aliphatic carbocycles. The third-order valence-corrected chi connectivity index (χ3v) is 3.34. The van der Waals surface area contributed by atoms with Crippen LogP contribution in [-0.4, -0.2) is 24.8 Å². The molecule has 0 aromatic carbocycles. The van der Waals surface area contributed by atoms with Crippen LogP contribution in [0.3, 0.4) is 0 Å². The molecule has 0 atom stereocenters. The van der Waals surface area contributed by atoms with Gasteiger partial charge in [-0.2, -0.15) is 0 Å². The molecule has 0 aromatic heterocycles. The maximum absolute atomic E-state index is 12.2. The smallest absolute Gasteiger partial charge is 0.354 e. The molecule has 100 valence electrons. The van der Waals surface area contributed by atoms with E-state index in [1.54, 1.807) is 34.6 Å². The number of ether oxygens (including phenoxy) is 1. The second kappa shape index (κ2) is 7.64. The quantitative estimate of drug-likeness (QED) is 0.401. The lowest BCUT2D eigenvalue weighted by Gasteiger charge is -2.19. The number of hydrogen-bond acceptors (Lipinski definition) is 5. The molecule has 5 nitrogen and oxygen atoms in total. The molecule has 0 heterocycles. The van der Waals surface area contributed by atoms with E-state index >= 15 is 0 Å². The first kappa shape index (κ1) is 16.4. The summed E-state index contributed by atoms with van der Waals surface area (Å²) in [6, 6.07) is 0. The molecule has 0 aromatic rings. The molecule has 17 heavy (non-hydrogen) atoms. The first-order valence-corrected chi connectivity index (χ1v) is 7.22. The van der Waals surface area contributed by atoms with Crippen LogP contribution in [0.2, 0.25) is 0 Å². The van der Waals surface area contributed by atoms with Crippen LogP contribution in [-0.2, 0) is 23.1 Å². The van der Waals surface area contributed by atoms with Gasteiger partial charge in [-0.25, -0.2) is 4.79 Å². The van der Waals surface area contributed by atoms with Crippen LogP contribution in [0.15, 0.2) is 11.9 Å². The van der Waals surface area contributed by atoms with E-state index in [0.717, 1.165) is 11.9 Å². The van der Waals surface area contributed by atoms with Crippen LogP contribution in [0, 0.1) is 0 Å². The Hall–Kier alpha value is -0.640. The van der Waals surface area contributed by atoms with Gasteiger partial charge in [0.15, 0.2) is 0 Å². The number of carbonyl (C=O) groups is 1. The van der Waals surface area contributed by atoms with Crippen LogP contribution < -0.4 is 0 Å². The Morgan fingerprint density at radius 3 is 2.00 bits per heavy atom. The number of rotatable bonds is 7. The van der Waals surface area contributed by atoms with E-state index < -0.39 is 13.6 Å². The fourth-order valence-corrected chi connectivity index (χ4v) is 2.70. The van der Waals surface area contributed by atoms with Crippen molar-refractivity contribution in [1.82, 2.24) is 0 Å². The minimum absolute atomic E-state index is 0.258. The van der Waals surface area contributed by atoms with Crippen LogP contribution in [0.1, 0.15) is 34.6 Å². The number of carbonyl (C=O) groups excluding carboxylic acids is 1. The predicted octanol–water partition coefficient (Wildman–Crippen LogP) is 3.11. The average molecular weight is 264 g/mol. The first-order chi connectivity index (χ1) is 7.79. The Labute approximate surface area is 103 Å². The van der Waals surface area contributed by atoms with Crippen molar-refractivity contribution in [3.05, 3.63) is 11.9 Å². The lowest BCUT2D eigenvalue weighted by atomic mass is 10.5. The molecule has 6 heteroatoms. The highest BCUT2D eigenvalue weighted by Crippen LogP contribution is 2.51. The summed E-state index contributed by atoms with van der Waals surface area (Å²) in [6.07, 6.45) is 0.563. The second-order valence-electron chi connectivity index (χ2n) is 3.92. The highest BCUT2D eigenvalue weighted by atomic mass is 31.2. The third-order valence-electron chi connectivity index (χ3n) is 1.40. The zero-order valence-electron chi connectivity index (χ0n) is 11.0. The predicted molar refractivity (Wildman–Crippen MR) is 65.8 cm³/mol. The summed E-state index contributed by atoms with van der Waals surface area (Å²) in [5.74, 6) is 0.581. The van der Waals surface area contributed by atoms with Gasteiger partial charge in [0.2, 0.25) is 0 Å². The van der Waals surface area contributed by atoms with Crippen molar-refractivity contribution in [3.63, 3.8) is 0 Å². The summed E-state index contributed by atoms with van der Waals surface area (Å²) in [5.41, 5.74) is 0. The van der Waals surface area contributed by atoms with Gasteiger partial charge >= 0.3 is 13.6 Å². The van der Waals surface area contributed by atoms with Gasteiger partial charge in [-0.1, -0.05) is 0 Å². The zero-order valence-corrected chi connectivity index (χ0v) is 11.9. The van der Waals surface area contributed by atoms with Gasteiger partial charge in [0.1, 0.15) is 0 Å². The van der Waals surface area contributed by atoms with Crippen LogP contribution in [0.25, 0.3) is 0 Å². The Morgan fingerprint density at radius 2 is 1.65 bits per heavy atom. The Morgan fingerprint density at radius 1 is 1.18 bits per heavy atom. The van der Waals surface area contributed by atoms with Crippen molar-refractivity contribution >= 4 is 13.6 Å². The average Bonchev–Trinajstić information content (AvgIpc) is 2.12. The molecular weight excluding hydrogens is 243 g/mol. The first-order valence-electron chi connectivity index (χ1n) is 5.61. The van der Waals surface area contributed by atoms with Crippen molar-refractivity contribution in [2.75, 3.05) is 6.61 Å². The van der Waals surface area contributed by atoms with Crippen molar-refractivity contribution in [2.24, 2.45) is 0 Å². The van der Waals surface area contributed by atoms with Gasteiger partial charge in [0, 0.05) is 11.9 Å². The molecule has 0 bridgehead atoms. The molecule has 0 saturated heterocycles. The molecular formula is C11H21O5P. The highest BCUT2D eigenvalue weighted by Gasteiger charge is 2.24. The SMILES string of the molecule is CCOC(=O)/C=C/P(=O)(OC(C)C)OC(C)C. The summed E-state index contributed by atoms with van der Waals surface area (Å²) in [7, 11) is -3.39. The Balaban J connectivity index is 4.69. The fourth-order valence-electron chi connectivity index (χ4n) is 1.03. The zero-order chi connectivity index (χ0) is 13.5. The maximum atomic E-state index is 12.2. The van der Waals surface area contributed by atoms with Crippen molar-refractivity contribution in [1.29, 1.82) is 0 Å². The van der Waals surface area contributed by atoms with Gasteiger partial charge in [-0.15, -0.1) is 0 Å². The molecule has 0 saturated carbocycles. The van der Waals surface area contributed by atoms with Gasteiger partial charge < -0.3 is 13.8 Å². The minimum Gasteiger partial charge on any atom is -0.463 e. The lowest BCUT2D eigenvalue weighted by Crippen LogP contribution is -2.07. The standard InChI is InChI=1S/C11H21O5P/c1-6-14-11(12)7-8-17(13,15-9(2)3)16-10(4)5/h7-10H,6H2,1-5H3/b8-7+. The normalized spacial score (nSPS) is 12.6. The van der Waals surface area contributed by atoms with Crippen LogP contribution in [0.4, 0.5) is 0 Å². The summed E-state index contributed by atoms with van der Waals surface area (Å²) in [5, 5.41) is 0. The van der Waals surface area contributed by atoms with Gasteiger partial charge in [0.05, 0.1) is 18.8 Å². The van der Waals surface area contributed by atoms with Crippen molar-refractivity contribution in [2.45, 2.75) is 46.8 Å². The Bertz CT molecular complexity index is 295. The molecule has 0 spiro atoms. The number of hydrogen-bond donors (Lipinski definition) is 0. The Kier molecular flexibility index (Phi) is 7.35. The van der Waals surface area contributed by atoms with Crippen LogP contribution in [0.5, 0.6) is 0 Å². The topological polar surface area (TPSA) is 61.8 Å². The van der Waals surface area contributed by atoms with E-state index in [0.29, 0.717) is 0 Å². The van der Waals surface area contributed by atoms with Crippen LogP contribution >= 0.6 is 7.60 Å². The summed E-state index contributed by atoms with van der Waals surface area (Å²) < 4.78 is 27.3. The third kappa shape index (κ3) is 8.13.